The molecule has 0 amide bonds. The van der Waals surface area contributed by atoms with Gasteiger partial charge < -0.3 is 5.11 Å². The Morgan fingerprint density at radius 2 is 2.06 bits per heavy atom. The summed E-state index contributed by atoms with van der Waals surface area (Å²) in [7, 11) is 0. The Labute approximate surface area is 97.3 Å². The molecule has 1 aromatic carbocycles. The van der Waals surface area contributed by atoms with E-state index in [1.165, 1.54) is 5.56 Å². The van der Waals surface area contributed by atoms with Crippen LogP contribution in [-0.4, -0.2) is 11.1 Å². The molecule has 0 aliphatic carbocycles. The van der Waals surface area contributed by atoms with Gasteiger partial charge in [0.15, 0.2) is 0 Å². The van der Waals surface area contributed by atoms with Crippen molar-refractivity contribution in [1.29, 1.82) is 0 Å². The third-order valence-electron chi connectivity index (χ3n) is 3.42. The maximum absolute atomic E-state index is 11.4. The first kappa shape index (κ1) is 12.8. The van der Waals surface area contributed by atoms with Crippen LogP contribution in [0.4, 0.5) is 0 Å². The summed E-state index contributed by atoms with van der Waals surface area (Å²) in [6.07, 6.45) is 0.585. The minimum atomic E-state index is -0.719. The first-order valence-electron chi connectivity index (χ1n) is 5.65. The van der Waals surface area contributed by atoms with Gasteiger partial charge in [-0.1, -0.05) is 43.7 Å². The van der Waals surface area contributed by atoms with Crippen LogP contribution < -0.4 is 0 Å². The van der Waals surface area contributed by atoms with Crippen LogP contribution in [0, 0.1) is 18.3 Å². The van der Waals surface area contributed by atoms with Gasteiger partial charge in [-0.3, -0.25) is 4.79 Å². The Morgan fingerprint density at radius 1 is 1.44 bits per heavy atom. The molecule has 0 spiro atoms. The highest BCUT2D eigenvalue weighted by Crippen LogP contribution is 2.31. The minimum Gasteiger partial charge on any atom is -0.481 e. The van der Waals surface area contributed by atoms with E-state index in [4.69, 9.17) is 0 Å². The van der Waals surface area contributed by atoms with Crippen molar-refractivity contribution in [2.75, 3.05) is 0 Å². The fourth-order valence-electron chi connectivity index (χ4n) is 1.77. The molecule has 0 aromatic heterocycles. The van der Waals surface area contributed by atoms with Crippen LogP contribution in [0.15, 0.2) is 24.3 Å². The second-order valence-corrected chi connectivity index (χ2v) is 5.04. The van der Waals surface area contributed by atoms with Gasteiger partial charge in [-0.15, -0.1) is 0 Å². The first-order chi connectivity index (χ1) is 7.36. The summed E-state index contributed by atoms with van der Waals surface area (Å²) >= 11 is 0. The van der Waals surface area contributed by atoms with E-state index in [0.717, 1.165) is 5.56 Å². The van der Waals surface area contributed by atoms with Crippen molar-refractivity contribution >= 4 is 5.97 Å². The summed E-state index contributed by atoms with van der Waals surface area (Å²) in [4.78, 5) is 11.4. The standard InChI is InChI=1S/C14H20O2/c1-10(2)14(4,13(15)16)9-12-7-5-6-11(3)8-12/h5-8,10H,9H2,1-4H3,(H,15,16). The number of carboxylic acid groups (broad SMARTS) is 1. The lowest BCUT2D eigenvalue weighted by Crippen LogP contribution is -2.35. The van der Waals surface area contributed by atoms with Gasteiger partial charge in [0.2, 0.25) is 0 Å². The molecule has 0 aliphatic rings. The number of carbonyl (C=O) groups is 1. The molecule has 2 nitrogen and oxygen atoms in total. The van der Waals surface area contributed by atoms with Crippen molar-refractivity contribution in [2.24, 2.45) is 11.3 Å². The van der Waals surface area contributed by atoms with E-state index >= 15 is 0 Å². The van der Waals surface area contributed by atoms with E-state index in [1.807, 2.05) is 45.9 Å². The lowest BCUT2D eigenvalue weighted by atomic mass is 9.74. The molecule has 0 saturated carbocycles. The number of aryl methyl sites for hydroxylation is 1. The van der Waals surface area contributed by atoms with Gasteiger partial charge in [0.1, 0.15) is 0 Å². The first-order valence-corrected chi connectivity index (χ1v) is 5.65. The molecule has 0 saturated heterocycles. The largest absolute Gasteiger partial charge is 0.481 e. The zero-order valence-corrected chi connectivity index (χ0v) is 10.4. The zero-order chi connectivity index (χ0) is 12.3. The van der Waals surface area contributed by atoms with Crippen molar-refractivity contribution in [1.82, 2.24) is 0 Å². The molecular formula is C14H20O2. The van der Waals surface area contributed by atoms with Crippen molar-refractivity contribution in [3.05, 3.63) is 35.4 Å². The fourth-order valence-corrected chi connectivity index (χ4v) is 1.77. The number of hydrogen-bond donors (Lipinski definition) is 1. The Kier molecular flexibility index (Phi) is 3.74. The molecule has 1 unspecified atom stereocenters. The number of rotatable bonds is 4. The van der Waals surface area contributed by atoms with E-state index in [2.05, 4.69) is 6.07 Å². The monoisotopic (exact) mass is 220 g/mol. The lowest BCUT2D eigenvalue weighted by molar-refractivity contribution is -0.150. The van der Waals surface area contributed by atoms with Gasteiger partial charge in [-0.2, -0.15) is 0 Å². The molecule has 0 fully saturated rings. The second-order valence-electron chi connectivity index (χ2n) is 5.04. The second kappa shape index (κ2) is 4.69. The lowest BCUT2D eigenvalue weighted by Gasteiger charge is -2.29. The molecular weight excluding hydrogens is 200 g/mol. The number of aliphatic carboxylic acids is 1. The molecule has 1 N–H and O–H groups in total. The van der Waals surface area contributed by atoms with E-state index in [9.17, 15) is 9.90 Å². The highest BCUT2D eigenvalue weighted by molar-refractivity contribution is 5.75. The normalized spacial score (nSPS) is 14.8. The highest BCUT2D eigenvalue weighted by atomic mass is 16.4. The van der Waals surface area contributed by atoms with Crippen LogP contribution in [0.1, 0.15) is 31.9 Å². The van der Waals surface area contributed by atoms with Gasteiger partial charge in [-0.05, 0) is 31.7 Å². The molecule has 1 atom stereocenters. The molecule has 0 bridgehead atoms. The number of carboxylic acids is 1. The summed E-state index contributed by atoms with van der Waals surface area (Å²) in [5, 5.41) is 9.33. The third kappa shape index (κ3) is 2.63. The summed E-state index contributed by atoms with van der Waals surface area (Å²) in [6, 6.07) is 8.06. The van der Waals surface area contributed by atoms with Crippen LogP contribution in [0.5, 0.6) is 0 Å². The summed E-state index contributed by atoms with van der Waals surface area (Å²) < 4.78 is 0. The third-order valence-corrected chi connectivity index (χ3v) is 3.42. The minimum absolute atomic E-state index is 0.116. The van der Waals surface area contributed by atoms with Crippen molar-refractivity contribution in [3.8, 4) is 0 Å². The Bertz CT molecular complexity index is 382. The highest BCUT2D eigenvalue weighted by Gasteiger charge is 2.36. The Balaban J connectivity index is 2.97. The summed E-state index contributed by atoms with van der Waals surface area (Å²) in [6.45, 7) is 7.77. The molecule has 88 valence electrons. The molecule has 1 aromatic rings. The summed E-state index contributed by atoms with van der Waals surface area (Å²) in [5.41, 5.74) is 1.58. The van der Waals surface area contributed by atoms with E-state index in [-0.39, 0.29) is 5.92 Å². The van der Waals surface area contributed by atoms with Crippen molar-refractivity contribution < 1.29 is 9.90 Å². The SMILES string of the molecule is Cc1cccc(CC(C)(C(=O)O)C(C)C)c1. The van der Waals surface area contributed by atoms with Crippen LogP contribution >= 0.6 is 0 Å². The van der Waals surface area contributed by atoms with E-state index in [1.54, 1.807) is 0 Å². The van der Waals surface area contributed by atoms with Crippen LogP contribution in [-0.2, 0) is 11.2 Å². The predicted molar refractivity (Wildman–Crippen MR) is 65.5 cm³/mol. The van der Waals surface area contributed by atoms with E-state index < -0.39 is 11.4 Å². The van der Waals surface area contributed by atoms with Gasteiger partial charge in [0.25, 0.3) is 0 Å². The van der Waals surface area contributed by atoms with Crippen LogP contribution in [0.25, 0.3) is 0 Å². The van der Waals surface area contributed by atoms with Gasteiger partial charge in [0, 0.05) is 0 Å². The van der Waals surface area contributed by atoms with Gasteiger partial charge in [0.05, 0.1) is 5.41 Å². The van der Waals surface area contributed by atoms with Crippen LogP contribution in [0.2, 0.25) is 0 Å². The maximum atomic E-state index is 11.4. The molecule has 1 rings (SSSR count). The van der Waals surface area contributed by atoms with Crippen LogP contribution in [0.3, 0.4) is 0 Å². The van der Waals surface area contributed by atoms with Crippen molar-refractivity contribution in [3.63, 3.8) is 0 Å². The molecule has 2 heteroatoms. The average molecular weight is 220 g/mol. The topological polar surface area (TPSA) is 37.3 Å². The Morgan fingerprint density at radius 3 is 2.50 bits per heavy atom. The molecule has 0 heterocycles. The van der Waals surface area contributed by atoms with Gasteiger partial charge >= 0.3 is 5.97 Å². The number of benzene rings is 1. The quantitative estimate of drug-likeness (QED) is 0.845. The maximum Gasteiger partial charge on any atom is 0.309 e. The molecule has 16 heavy (non-hydrogen) atoms. The fraction of sp³-hybridized carbons (Fsp3) is 0.500. The molecule has 0 aliphatic heterocycles. The van der Waals surface area contributed by atoms with E-state index in [0.29, 0.717) is 6.42 Å². The Hall–Kier alpha value is -1.31. The smallest absolute Gasteiger partial charge is 0.309 e. The zero-order valence-electron chi connectivity index (χ0n) is 10.4. The summed E-state index contributed by atoms with van der Waals surface area (Å²) in [5.74, 6) is -0.602. The van der Waals surface area contributed by atoms with Gasteiger partial charge in [-0.25, -0.2) is 0 Å². The molecule has 0 radical (unpaired) electrons. The van der Waals surface area contributed by atoms with Crippen molar-refractivity contribution in [2.45, 2.75) is 34.1 Å². The average Bonchev–Trinajstić information content (AvgIpc) is 2.16. The number of hydrogen-bond acceptors (Lipinski definition) is 1. The predicted octanol–water partition coefficient (Wildman–Crippen LogP) is 3.28.